The highest BCUT2D eigenvalue weighted by atomic mass is 35.5. The van der Waals surface area contributed by atoms with Crippen LogP contribution in [-0.4, -0.2) is 49.2 Å². The van der Waals surface area contributed by atoms with Gasteiger partial charge in [-0.05, 0) is 25.0 Å². The summed E-state index contributed by atoms with van der Waals surface area (Å²) in [6.07, 6.45) is 5.79. The Balaban J connectivity index is 1.63. The molecule has 138 valence electrons. The number of nitrogens with zero attached hydrogens (tertiary/aromatic N) is 1. The lowest BCUT2D eigenvalue weighted by Crippen LogP contribution is -2.59. The van der Waals surface area contributed by atoms with Crippen molar-refractivity contribution < 1.29 is 13.9 Å². The lowest BCUT2D eigenvalue weighted by Gasteiger charge is -2.48. The van der Waals surface area contributed by atoms with Gasteiger partial charge in [-0.3, -0.25) is 9.69 Å². The van der Waals surface area contributed by atoms with E-state index in [-0.39, 0.29) is 23.4 Å². The molecule has 1 saturated carbocycles. The van der Waals surface area contributed by atoms with Crippen LogP contribution in [0.1, 0.15) is 37.7 Å². The van der Waals surface area contributed by atoms with Gasteiger partial charge in [0, 0.05) is 35.8 Å². The first-order valence-corrected chi connectivity index (χ1v) is 9.51. The van der Waals surface area contributed by atoms with Crippen LogP contribution in [0.5, 0.6) is 0 Å². The van der Waals surface area contributed by atoms with Crippen molar-refractivity contribution >= 4 is 17.5 Å². The standard InChI is InChI=1S/C19H26ClFN2O2/c20-16-5-4-6-17(21)15(16)13-18(24)22-14-19(7-2-1-3-8-19)23-9-11-25-12-10-23/h4-6H,1-3,7-14H2,(H,22,24). The maximum absolute atomic E-state index is 13.9. The zero-order valence-electron chi connectivity index (χ0n) is 14.5. The lowest BCUT2D eigenvalue weighted by molar-refractivity contribution is -0.121. The number of carbonyl (C=O) groups is 1. The van der Waals surface area contributed by atoms with E-state index < -0.39 is 5.82 Å². The summed E-state index contributed by atoms with van der Waals surface area (Å²) in [5, 5.41) is 3.35. The van der Waals surface area contributed by atoms with Gasteiger partial charge < -0.3 is 10.1 Å². The summed E-state index contributed by atoms with van der Waals surface area (Å²) in [7, 11) is 0. The first kappa shape index (κ1) is 18.6. The molecule has 3 rings (SSSR count). The number of halogens is 2. The van der Waals surface area contributed by atoms with E-state index in [0.29, 0.717) is 11.6 Å². The molecule has 25 heavy (non-hydrogen) atoms. The minimum Gasteiger partial charge on any atom is -0.379 e. The number of amides is 1. The highest BCUT2D eigenvalue weighted by molar-refractivity contribution is 6.31. The molecule has 6 heteroatoms. The second-order valence-electron chi connectivity index (χ2n) is 7.04. The average molecular weight is 369 g/mol. The summed E-state index contributed by atoms with van der Waals surface area (Å²) in [5.74, 6) is -0.603. The lowest BCUT2D eigenvalue weighted by atomic mass is 9.79. The van der Waals surface area contributed by atoms with E-state index in [0.717, 1.165) is 39.1 Å². The van der Waals surface area contributed by atoms with Crippen molar-refractivity contribution in [2.45, 2.75) is 44.1 Å². The highest BCUT2D eigenvalue weighted by Gasteiger charge is 2.38. The molecular weight excluding hydrogens is 343 g/mol. The molecule has 1 amide bonds. The van der Waals surface area contributed by atoms with Crippen LogP contribution in [0.3, 0.4) is 0 Å². The molecule has 1 aromatic carbocycles. The second kappa shape index (κ2) is 8.47. The Morgan fingerprint density at radius 3 is 2.64 bits per heavy atom. The van der Waals surface area contributed by atoms with Crippen molar-refractivity contribution in [1.82, 2.24) is 10.2 Å². The molecule has 1 aromatic rings. The SMILES string of the molecule is O=C(Cc1c(F)cccc1Cl)NCC1(N2CCOCC2)CCCCC1. The highest BCUT2D eigenvalue weighted by Crippen LogP contribution is 2.34. The Kier molecular flexibility index (Phi) is 6.31. The van der Waals surface area contributed by atoms with Gasteiger partial charge in [0.25, 0.3) is 0 Å². The van der Waals surface area contributed by atoms with Crippen molar-refractivity contribution in [3.8, 4) is 0 Å². The van der Waals surface area contributed by atoms with Crippen molar-refractivity contribution in [2.24, 2.45) is 0 Å². The Morgan fingerprint density at radius 1 is 1.24 bits per heavy atom. The van der Waals surface area contributed by atoms with E-state index in [2.05, 4.69) is 10.2 Å². The normalized spacial score (nSPS) is 21.0. The topological polar surface area (TPSA) is 41.6 Å². The molecule has 1 heterocycles. The molecule has 2 fully saturated rings. The predicted octanol–water partition coefficient (Wildman–Crippen LogP) is 3.17. The number of ether oxygens (including phenoxy) is 1. The van der Waals surface area contributed by atoms with Crippen molar-refractivity contribution in [3.63, 3.8) is 0 Å². The molecule has 0 spiro atoms. The van der Waals surface area contributed by atoms with Crippen LogP contribution in [0, 0.1) is 5.82 Å². The summed E-state index contributed by atoms with van der Waals surface area (Å²) in [6.45, 7) is 3.93. The van der Waals surface area contributed by atoms with Gasteiger partial charge in [0.05, 0.1) is 19.6 Å². The summed E-state index contributed by atoms with van der Waals surface area (Å²) in [6, 6.07) is 4.50. The van der Waals surface area contributed by atoms with Gasteiger partial charge in [-0.1, -0.05) is 36.9 Å². The zero-order chi connectivity index (χ0) is 17.7. The first-order chi connectivity index (χ1) is 12.1. The number of carbonyl (C=O) groups excluding carboxylic acids is 1. The second-order valence-corrected chi connectivity index (χ2v) is 7.45. The van der Waals surface area contributed by atoms with E-state index in [9.17, 15) is 9.18 Å². The molecule has 1 N–H and O–H groups in total. The number of hydrogen-bond donors (Lipinski definition) is 1. The van der Waals surface area contributed by atoms with E-state index in [1.807, 2.05) is 0 Å². The van der Waals surface area contributed by atoms with Crippen LogP contribution in [-0.2, 0) is 16.0 Å². The number of nitrogens with one attached hydrogen (secondary N) is 1. The van der Waals surface area contributed by atoms with E-state index in [1.165, 1.54) is 25.3 Å². The molecule has 1 aliphatic carbocycles. The van der Waals surface area contributed by atoms with Crippen LogP contribution in [0.25, 0.3) is 0 Å². The number of morpholine rings is 1. The maximum Gasteiger partial charge on any atom is 0.224 e. The van der Waals surface area contributed by atoms with Crippen molar-refractivity contribution in [2.75, 3.05) is 32.8 Å². The van der Waals surface area contributed by atoms with Crippen LogP contribution in [0.4, 0.5) is 4.39 Å². The number of rotatable bonds is 5. The summed E-state index contributed by atoms with van der Waals surface area (Å²) in [4.78, 5) is 14.9. The van der Waals surface area contributed by atoms with Crippen LogP contribution in [0.15, 0.2) is 18.2 Å². The molecule has 0 radical (unpaired) electrons. The summed E-state index contributed by atoms with van der Waals surface area (Å²) < 4.78 is 19.4. The van der Waals surface area contributed by atoms with Crippen LogP contribution >= 0.6 is 11.6 Å². The molecule has 0 bridgehead atoms. The van der Waals surface area contributed by atoms with Gasteiger partial charge in [0.15, 0.2) is 0 Å². The van der Waals surface area contributed by atoms with Gasteiger partial charge in [-0.15, -0.1) is 0 Å². The molecule has 0 aromatic heterocycles. The van der Waals surface area contributed by atoms with E-state index in [1.54, 1.807) is 12.1 Å². The fraction of sp³-hybridized carbons (Fsp3) is 0.632. The Bertz CT molecular complexity index is 579. The molecule has 1 saturated heterocycles. The summed E-state index contributed by atoms with van der Waals surface area (Å²) in [5.41, 5.74) is 0.280. The Labute approximate surface area is 153 Å². The Hall–Kier alpha value is -1.17. The smallest absolute Gasteiger partial charge is 0.224 e. The monoisotopic (exact) mass is 368 g/mol. The fourth-order valence-corrected chi connectivity index (χ4v) is 4.27. The van der Waals surface area contributed by atoms with Crippen LogP contribution < -0.4 is 5.32 Å². The zero-order valence-corrected chi connectivity index (χ0v) is 15.3. The largest absolute Gasteiger partial charge is 0.379 e. The van der Waals surface area contributed by atoms with Crippen molar-refractivity contribution in [3.05, 3.63) is 34.6 Å². The van der Waals surface area contributed by atoms with Gasteiger partial charge >= 0.3 is 0 Å². The van der Waals surface area contributed by atoms with Gasteiger partial charge in [0.2, 0.25) is 5.91 Å². The van der Waals surface area contributed by atoms with E-state index >= 15 is 0 Å². The summed E-state index contributed by atoms with van der Waals surface area (Å²) >= 11 is 6.03. The predicted molar refractivity (Wildman–Crippen MR) is 96.3 cm³/mol. The molecule has 2 aliphatic rings. The minimum atomic E-state index is -0.428. The van der Waals surface area contributed by atoms with Crippen LogP contribution in [0.2, 0.25) is 5.02 Å². The minimum absolute atomic E-state index is 0.0106. The van der Waals surface area contributed by atoms with Gasteiger partial charge in [0.1, 0.15) is 5.82 Å². The number of hydrogen-bond acceptors (Lipinski definition) is 3. The quantitative estimate of drug-likeness (QED) is 0.868. The van der Waals surface area contributed by atoms with E-state index in [4.69, 9.17) is 16.3 Å². The third-order valence-corrected chi connectivity index (χ3v) is 5.83. The van der Waals surface area contributed by atoms with Crippen molar-refractivity contribution in [1.29, 1.82) is 0 Å². The Morgan fingerprint density at radius 2 is 1.96 bits per heavy atom. The molecule has 0 unspecified atom stereocenters. The first-order valence-electron chi connectivity index (χ1n) is 9.13. The molecule has 4 nitrogen and oxygen atoms in total. The van der Waals surface area contributed by atoms with Gasteiger partial charge in [-0.25, -0.2) is 4.39 Å². The third-order valence-electron chi connectivity index (χ3n) is 5.48. The molecule has 0 atom stereocenters. The molecule has 1 aliphatic heterocycles. The average Bonchev–Trinajstić information content (AvgIpc) is 2.65. The third kappa shape index (κ3) is 4.52. The van der Waals surface area contributed by atoms with Gasteiger partial charge in [-0.2, -0.15) is 0 Å². The number of benzene rings is 1. The fourth-order valence-electron chi connectivity index (χ4n) is 4.04. The maximum atomic E-state index is 13.9. The molecular formula is C19H26ClFN2O2.